The Bertz CT molecular complexity index is 351. The van der Waals surface area contributed by atoms with Gasteiger partial charge in [-0.15, -0.1) is 0 Å². The minimum Gasteiger partial charge on any atom is -0.433 e. The summed E-state index contributed by atoms with van der Waals surface area (Å²) in [6.07, 6.45) is 0. The average molecular weight is 296 g/mol. The maximum absolute atomic E-state index is 11.9. The molecule has 0 heterocycles. The summed E-state index contributed by atoms with van der Waals surface area (Å²) in [5.74, 6) is -0.226. The van der Waals surface area contributed by atoms with Crippen molar-refractivity contribution in [3.8, 4) is 5.75 Å². The summed E-state index contributed by atoms with van der Waals surface area (Å²) in [6.45, 7) is -2.98. The normalized spacial score (nSPS) is 11.9. The summed E-state index contributed by atoms with van der Waals surface area (Å²) in [5, 5.41) is -0.141. The van der Waals surface area contributed by atoms with Crippen molar-refractivity contribution in [2.45, 2.75) is 10.4 Å². The molecule has 1 aromatic carbocycles. The molecule has 15 heavy (non-hydrogen) atoms. The molecule has 0 fully saturated rings. The molecular formula is C8H4Cl4F2O. The van der Waals surface area contributed by atoms with Crippen molar-refractivity contribution >= 4 is 46.4 Å². The molecule has 0 bridgehead atoms. The number of alkyl halides is 5. The Kier molecular flexibility index (Phi) is 4.29. The molecule has 0 amide bonds. The minimum absolute atomic E-state index is 0.0901. The highest BCUT2D eigenvalue weighted by molar-refractivity contribution is 6.67. The molecule has 0 spiro atoms. The highest BCUT2D eigenvalue weighted by Gasteiger charge is 2.27. The monoisotopic (exact) mass is 294 g/mol. The third-order valence-corrected chi connectivity index (χ3v) is 2.49. The summed E-state index contributed by atoms with van der Waals surface area (Å²) in [5.41, 5.74) is 0.0901. The van der Waals surface area contributed by atoms with E-state index in [4.69, 9.17) is 46.4 Å². The fourth-order valence-corrected chi connectivity index (χ4v) is 1.85. The highest BCUT2D eigenvalue weighted by atomic mass is 35.6. The third-order valence-electron chi connectivity index (χ3n) is 1.48. The van der Waals surface area contributed by atoms with Crippen LogP contribution in [-0.2, 0) is 3.79 Å². The van der Waals surface area contributed by atoms with E-state index in [-0.39, 0.29) is 16.3 Å². The van der Waals surface area contributed by atoms with Gasteiger partial charge in [0.1, 0.15) is 5.75 Å². The highest BCUT2D eigenvalue weighted by Crippen LogP contribution is 2.44. The quantitative estimate of drug-likeness (QED) is 0.714. The van der Waals surface area contributed by atoms with Crippen molar-refractivity contribution in [2.75, 3.05) is 0 Å². The topological polar surface area (TPSA) is 9.23 Å². The van der Waals surface area contributed by atoms with Gasteiger partial charge in [0, 0.05) is 5.56 Å². The zero-order chi connectivity index (χ0) is 11.6. The van der Waals surface area contributed by atoms with Crippen LogP contribution < -0.4 is 4.74 Å². The summed E-state index contributed by atoms with van der Waals surface area (Å²) in [7, 11) is 0. The van der Waals surface area contributed by atoms with Gasteiger partial charge in [-0.1, -0.05) is 58.5 Å². The molecule has 0 saturated carbocycles. The zero-order valence-corrected chi connectivity index (χ0v) is 10.0. The van der Waals surface area contributed by atoms with E-state index in [0.717, 1.165) is 0 Å². The predicted molar refractivity (Wildman–Crippen MR) is 57.3 cm³/mol. The van der Waals surface area contributed by atoms with E-state index < -0.39 is 10.4 Å². The lowest BCUT2D eigenvalue weighted by Gasteiger charge is -2.15. The largest absolute Gasteiger partial charge is 0.433 e. The maximum atomic E-state index is 11.9. The third kappa shape index (κ3) is 3.52. The Hall–Kier alpha value is 0.0400. The van der Waals surface area contributed by atoms with Gasteiger partial charge in [0.25, 0.3) is 0 Å². The van der Waals surface area contributed by atoms with Crippen LogP contribution in [-0.4, -0.2) is 6.61 Å². The number of benzene rings is 1. The van der Waals surface area contributed by atoms with Crippen LogP contribution >= 0.6 is 46.4 Å². The van der Waals surface area contributed by atoms with E-state index in [9.17, 15) is 8.78 Å². The lowest BCUT2D eigenvalue weighted by Crippen LogP contribution is -2.06. The number of hydrogen-bond acceptors (Lipinski definition) is 1. The molecule has 0 aliphatic heterocycles. The first-order valence-electron chi connectivity index (χ1n) is 3.63. The molecule has 1 rings (SSSR count). The van der Waals surface area contributed by atoms with Crippen molar-refractivity contribution in [2.24, 2.45) is 0 Å². The SMILES string of the molecule is FC(F)Oc1cccc(C(Cl)(Cl)Cl)c1Cl. The molecule has 0 aromatic heterocycles. The van der Waals surface area contributed by atoms with Crippen molar-refractivity contribution < 1.29 is 13.5 Å². The Morgan fingerprint density at radius 2 is 1.80 bits per heavy atom. The minimum atomic E-state index is -2.98. The number of rotatable bonds is 2. The van der Waals surface area contributed by atoms with Gasteiger partial charge in [-0.05, 0) is 6.07 Å². The van der Waals surface area contributed by atoms with E-state index >= 15 is 0 Å². The second-order valence-corrected chi connectivity index (χ2v) is 5.15. The summed E-state index contributed by atoms with van der Waals surface area (Å²) in [6, 6.07) is 4.07. The number of ether oxygens (including phenoxy) is 1. The van der Waals surface area contributed by atoms with Gasteiger partial charge in [0.15, 0.2) is 0 Å². The van der Waals surface area contributed by atoms with Crippen LogP contribution in [0, 0.1) is 0 Å². The van der Waals surface area contributed by atoms with Crippen LogP contribution in [0.25, 0.3) is 0 Å². The molecule has 0 atom stereocenters. The fourth-order valence-electron chi connectivity index (χ4n) is 0.917. The Labute approximate surface area is 105 Å². The van der Waals surface area contributed by atoms with Crippen LogP contribution in [0.2, 0.25) is 5.02 Å². The summed E-state index contributed by atoms with van der Waals surface area (Å²) >= 11 is 22.5. The molecule has 0 aliphatic rings. The maximum Gasteiger partial charge on any atom is 0.387 e. The van der Waals surface area contributed by atoms with Crippen LogP contribution in [0.3, 0.4) is 0 Å². The molecule has 0 saturated heterocycles. The van der Waals surface area contributed by atoms with E-state index in [1.165, 1.54) is 18.2 Å². The standard InChI is InChI=1S/C8H4Cl4F2O/c9-6-4(8(10,11)12)2-1-3-5(6)15-7(13)14/h1-3,7H. The Balaban J connectivity index is 3.12. The van der Waals surface area contributed by atoms with Crippen LogP contribution in [0.4, 0.5) is 8.78 Å². The first kappa shape index (κ1) is 13.1. The molecular weight excluding hydrogens is 292 g/mol. The van der Waals surface area contributed by atoms with Gasteiger partial charge in [-0.2, -0.15) is 8.78 Å². The molecule has 1 aromatic rings. The second kappa shape index (κ2) is 4.91. The fraction of sp³-hybridized carbons (Fsp3) is 0.250. The van der Waals surface area contributed by atoms with Crippen LogP contribution in [0.15, 0.2) is 18.2 Å². The number of halogens is 6. The van der Waals surface area contributed by atoms with E-state index in [1.54, 1.807) is 0 Å². The lowest BCUT2D eigenvalue weighted by molar-refractivity contribution is -0.0498. The first-order chi connectivity index (χ1) is 6.82. The van der Waals surface area contributed by atoms with Crippen molar-refractivity contribution in [1.82, 2.24) is 0 Å². The van der Waals surface area contributed by atoms with Crippen LogP contribution in [0.5, 0.6) is 5.75 Å². The molecule has 0 N–H and O–H groups in total. The molecule has 84 valence electrons. The van der Waals surface area contributed by atoms with Gasteiger partial charge >= 0.3 is 6.61 Å². The van der Waals surface area contributed by atoms with Crippen molar-refractivity contribution in [3.63, 3.8) is 0 Å². The van der Waals surface area contributed by atoms with E-state index in [1.807, 2.05) is 0 Å². The van der Waals surface area contributed by atoms with Gasteiger partial charge in [0.2, 0.25) is 3.79 Å². The van der Waals surface area contributed by atoms with Gasteiger partial charge in [-0.25, -0.2) is 0 Å². The molecule has 7 heteroatoms. The van der Waals surface area contributed by atoms with Crippen molar-refractivity contribution in [3.05, 3.63) is 28.8 Å². The Morgan fingerprint density at radius 3 is 2.27 bits per heavy atom. The molecule has 0 unspecified atom stereocenters. The second-order valence-electron chi connectivity index (χ2n) is 2.49. The van der Waals surface area contributed by atoms with Gasteiger partial charge in [0.05, 0.1) is 5.02 Å². The van der Waals surface area contributed by atoms with Gasteiger partial charge in [-0.3, -0.25) is 0 Å². The Morgan fingerprint density at radius 1 is 1.20 bits per heavy atom. The summed E-state index contributed by atoms with van der Waals surface area (Å²) in [4.78, 5) is 0. The zero-order valence-electron chi connectivity index (χ0n) is 6.99. The molecule has 0 radical (unpaired) electrons. The lowest BCUT2D eigenvalue weighted by atomic mass is 10.2. The predicted octanol–water partition coefficient (Wildman–Crippen LogP) is 4.77. The number of hydrogen-bond donors (Lipinski definition) is 0. The van der Waals surface area contributed by atoms with Gasteiger partial charge < -0.3 is 4.74 Å². The van der Waals surface area contributed by atoms with E-state index in [2.05, 4.69) is 4.74 Å². The van der Waals surface area contributed by atoms with Crippen molar-refractivity contribution in [1.29, 1.82) is 0 Å². The first-order valence-corrected chi connectivity index (χ1v) is 5.14. The molecule has 1 nitrogen and oxygen atoms in total. The summed E-state index contributed by atoms with van der Waals surface area (Å²) < 4.78 is 26.3. The van der Waals surface area contributed by atoms with E-state index in [0.29, 0.717) is 0 Å². The molecule has 0 aliphatic carbocycles. The van der Waals surface area contributed by atoms with Crippen LogP contribution in [0.1, 0.15) is 5.56 Å². The average Bonchev–Trinajstić information content (AvgIpc) is 2.05. The smallest absolute Gasteiger partial charge is 0.387 e.